The van der Waals surface area contributed by atoms with Gasteiger partial charge in [0.05, 0.1) is 0 Å². The fraction of sp³-hybridized carbons (Fsp3) is 0.900. The standard InChI is InChI=1S/C10H23N3O2/c1-3-10(2,13)15-9(14)8(12)6-4-5-7-11/h8H,3-7,11-13H2,1-2H3/t8-,10?/m0/s1. The Morgan fingerprint density at radius 3 is 2.53 bits per heavy atom. The zero-order valence-corrected chi connectivity index (χ0v) is 9.66. The van der Waals surface area contributed by atoms with Crippen molar-refractivity contribution in [3.8, 4) is 0 Å². The van der Waals surface area contributed by atoms with Crippen LogP contribution in [-0.4, -0.2) is 24.3 Å². The second-order valence-electron chi connectivity index (χ2n) is 3.98. The molecule has 5 nitrogen and oxygen atoms in total. The Balaban J connectivity index is 3.88. The Morgan fingerprint density at radius 1 is 1.47 bits per heavy atom. The van der Waals surface area contributed by atoms with E-state index < -0.39 is 17.7 Å². The summed E-state index contributed by atoms with van der Waals surface area (Å²) in [5, 5.41) is 0. The van der Waals surface area contributed by atoms with Gasteiger partial charge in [0, 0.05) is 0 Å². The summed E-state index contributed by atoms with van der Waals surface area (Å²) in [6, 6.07) is -0.592. The van der Waals surface area contributed by atoms with Crippen LogP contribution in [0.4, 0.5) is 0 Å². The quantitative estimate of drug-likeness (QED) is 0.318. The van der Waals surface area contributed by atoms with Crippen molar-refractivity contribution < 1.29 is 9.53 Å². The molecule has 0 saturated carbocycles. The van der Waals surface area contributed by atoms with Crippen LogP contribution >= 0.6 is 0 Å². The number of carbonyl (C=O) groups excluding carboxylic acids is 1. The molecule has 5 heteroatoms. The van der Waals surface area contributed by atoms with Gasteiger partial charge in [-0.3, -0.25) is 10.5 Å². The van der Waals surface area contributed by atoms with Gasteiger partial charge >= 0.3 is 5.97 Å². The summed E-state index contributed by atoms with van der Waals surface area (Å²) in [6.07, 6.45) is 2.86. The van der Waals surface area contributed by atoms with Crippen molar-refractivity contribution in [1.82, 2.24) is 0 Å². The number of hydrogen-bond donors (Lipinski definition) is 3. The molecule has 0 aliphatic carbocycles. The lowest BCUT2D eigenvalue weighted by molar-refractivity contribution is -0.159. The minimum absolute atomic E-state index is 0.432. The molecule has 0 fully saturated rings. The summed E-state index contributed by atoms with van der Waals surface area (Å²) in [6.45, 7) is 4.13. The Morgan fingerprint density at radius 2 is 2.07 bits per heavy atom. The molecule has 0 radical (unpaired) electrons. The fourth-order valence-electron chi connectivity index (χ4n) is 1.00. The predicted octanol–water partition coefficient (Wildman–Crippen LogP) is 0.0708. The van der Waals surface area contributed by atoms with E-state index in [4.69, 9.17) is 21.9 Å². The first-order valence-corrected chi connectivity index (χ1v) is 5.40. The van der Waals surface area contributed by atoms with Gasteiger partial charge in [0.25, 0.3) is 0 Å². The molecule has 0 rings (SSSR count). The highest BCUT2D eigenvalue weighted by Crippen LogP contribution is 2.09. The van der Waals surface area contributed by atoms with Gasteiger partial charge in [-0.1, -0.05) is 13.3 Å². The third kappa shape index (κ3) is 6.43. The van der Waals surface area contributed by atoms with Crippen LogP contribution in [0.15, 0.2) is 0 Å². The Kier molecular flexibility index (Phi) is 6.47. The predicted molar refractivity (Wildman–Crippen MR) is 59.9 cm³/mol. The Labute approximate surface area is 91.3 Å². The third-order valence-electron chi connectivity index (χ3n) is 2.31. The van der Waals surface area contributed by atoms with E-state index in [-0.39, 0.29) is 0 Å². The van der Waals surface area contributed by atoms with Crippen LogP contribution in [0.25, 0.3) is 0 Å². The number of rotatable bonds is 7. The largest absolute Gasteiger partial charge is 0.443 e. The van der Waals surface area contributed by atoms with Gasteiger partial charge in [-0.25, -0.2) is 0 Å². The molecule has 0 saturated heterocycles. The monoisotopic (exact) mass is 217 g/mol. The zero-order chi connectivity index (χ0) is 11.9. The van der Waals surface area contributed by atoms with Crippen LogP contribution in [0.2, 0.25) is 0 Å². The third-order valence-corrected chi connectivity index (χ3v) is 2.31. The van der Waals surface area contributed by atoms with Crippen molar-refractivity contribution in [1.29, 1.82) is 0 Å². The van der Waals surface area contributed by atoms with Gasteiger partial charge < -0.3 is 16.2 Å². The van der Waals surface area contributed by atoms with Gasteiger partial charge in [0.1, 0.15) is 6.04 Å². The first-order chi connectivity index (χ1) is 6.93. The highest BCUT2D eigenvalue weighted by molar-refractivity contribution is 5.75. The van der Waals surface area contributed by atoms with E-state index >= 15 is 0 Å². The maximum Gasteiger partial charge on any atom is 0.324 e. The lowest BCUT2D eigenvalue weighted by Crippen LogP contribution is -2.45. The SMILES string of the molecule is CCC(C)(N)OC(=O)[C@@H](N)CCCCN. The minimum Gasteiger partial charge on any atom is -0.443 e. The van der Waals surface area contributed by atoms with Crippen LogP contribution in [0.3, 0.4) is 0 Å². The van der Waals surface area contributed by atoms with E-state index in [1.807, 2.05) is 6.92 Å². The van der Waals surface area contributed by atoms with E-state index in [2.05, 4.69) is 0 Å². The molecule has 0 aromatic rings. The molecule has 15 heavy (non-hydrogen) atoms. The normalized spacial score (nSPS) is 16.9. The number of esters is 1. The number of carbonyl (C=O) groups is 1. The molecule has 0 bridgehead atoms. The van der Waals surface area contributed by atoms with Crippen molar-refractivity contribution in [2.24, 2.45) is 17.2 Å². The lowest BCUT2D eigenvalue weighted by Gasteiger charge is -2.24. The Hall–Kier alpha value is -0.650. The van der Waals surface area contributed by atoms with Gasteiger partial charge in [0.2, 0.25) is 0 Å². The maximum atomic E-state index is 11.5. The van der Waals surface area contributed by atoms with Crippen LogP contribution in [0, 0.1) is 0 Å². The van der Waals surface area contributed by atoms with Crippen molar-refractivity contribution in [3.63, 3.8) is 0 Å². The summed E-state index contributed by atoms with van der Waals surface area (Å²) in [4.78, 5) is 11.5. The van der Waals surface area contributed by atoms with Crippen molar-refractivity contribution in [2.45, 2.75) is 51.3 Å². The maximum absolute atomic E-state index is 11.5. The van der Waals surface area contributed by atoms with E-state index in [1.165, 1.54) is 0 Å². The lowest BCUT2D eigenvalue weighted by atomic mass is 10.1. The number of hydrogen-bond acceptors (Lipinski definition) is 5. The second-order valence-corrected chi connectivity index (χ2v) is 3.98. The zero-order valence-electron chi connectivity index (χ0n) is 9.66. The summed E-state index contributed by atoms with van der Waals surface area (Å²) < 4.78 is 5.06. The first kappa shape index (κ1) is 14.3. The van der Waals surface area contributed by atoms with Crippen LogP contribution < -0.4 is 17.2 Å². The number of unbranched alkanes of at least 4 members (excludes halogenated alkanes) is 1. The molecule has 0 spiro atoms. The molecule has 0 heterocycles. The van der Waals surface area contributed by atoms with E-state index in [0.717, 1.165) is 12.8 Å². The van der Waals surface area contributed by atoms with Gasteiger partial charge in [0.15, 0.2) is 5.72 Å². The summed E-state index contributed by atoms with van der Waals surface area (Å²) in [5.41, 5.74) is 15.8. The van der Waals surface area contributed by atoms with E-state index in [0.29, 0.717) is 19.4 Å². The fourth-order valence-corrected chi connectivity index (χ4v) is 1.00. The molecule has 0 aliphatic rings. The molecule has 0 aromatic heterocycles. The number of nitrogens with two attached hydrogens (primary N) is 3. The minimum atomic E-state index is -0.914. The molecule has 0 aliphatic heterocycles. The first-order valence-electron chi connectivity index (χ1n) is 5.40. The summed E-state index contributed by atoms with van der Waals surface area (Å²) in [5.74, 6) is -0.432. The summed E-state index contributed by atoms with van der Waals surface area (Å²) >= 11 is 0. The molecule has 0 amide bonds. The van der Waals surface area contributed by atoms with E-state index in [9.17, 15) is 4.79 Å². The molecule has 2 atom stereocenters. The van der Waals surface area contributed by atoms with Crippen LogP contribution in [-0.2, 0) is 9.53 Å². The van der Waals surface area contributed by atoms with Crippen molar-refractivity contribution >= 4 is 5.97 Å². The highest BCUT2D eigenvalue weighted by Gasteiger charge is 2.24. The topological polar surface area (TPSA) is 104 Å². The highest BCUT2D eigenvalue weighted by atomic mass is 16.6. The van der Waals surface area contributed by atoms with Gasteiger partial charge in [-0.2, -0.15) is 0 Å². The number of ether oxygens (including phenoxy) is 1. The van der Waals surface area contributed by atoms with Gasteiger partial charge in [-0.05, 0) is 32.7 Å². The van der Waals surface area contributed by atoms with Crippen molar-refractivity contribution in [2.75, 3.05) is 6.54 Å². The van der Waals surface area contributed by atoms with Gasteiger partial charge in [-0.15, -0.1) is 0 Å². The Bertz CT molecular complexity index is 195. The van der Waals surface area contributed by atoms with E-state index in [1.54, 1.807) is 6.92 Å². The molecular formula is C10H23N3O2. The van der Waals surface area contributed by atoms with Crippen molar-refractivity contribution in [3.05, 3.63) is 0 Å². The summed E-state index contributed by atoms with van der Waals surface area (Å²) in [7, 11) is 0. The molecule has 90 valence electrons. The molecule has 0 aromatic carbocycles. The smallest absolute Gasteiger partial charge is 0.324 e. The van der Waals surface area contributed by atoms with Crippen LogP contribution in [0.1, 0.15) is 39.5 Å². The second kappa shape index (κ2) is 6.76. The average molecular weight is 217 g/mol. The molecular weight excluding hydrogens is 194 g/mol. The molecule has 6 N–H and O–H groups in total. The molecule has 1 unspecified atom stereocenters. The average Bonchev–Trinajstić information content (AvgIpc) is 2.17. The van der Waals surface area contributed by atoms with Crippen LogP contribution in [0.5, 0.6) is 0 Å².